The quantitative estimate of drug-likeness (QED) is 0.678. The van der Waals surface area contributed by atoms with Crippen molar-refractivity contribution in [1.82, 2.24) is 0 Å². The predicted molar refractivity (Wildman–Crippen MR) is 55.2 cm³/mol. The van der Waals surface area contributed by atoms with Crippen LogP contribution in [0.4, 0.5) is 0 Å². The summed E-state index contributed by atoms with van der Waals surface area (Å²) in [6, 6.07) is 0. The van der Waals surface area contributed by atoms with Gasteiger partial charge in [-0.15, -0.1) is 0 Å². The van der Waals surface area contributed by atoms with Crippen LogP contribution in [-0.4, -0.2) is 18.0 Å². The molecule has 0 amide bonds. The average Bonchev–Trinajstić information content (AvgIpc) is 2.64. The Labute approximate surface area is 86.0 Å². The maximum Gasteiger partial charge on any atom is 0.135 e. The molecule has 2 nitrogen and oxygen atoms in total. The molecule has 0 aromatic heterocycles. The highest BCUT2D eigenvalue weighted by atomic mass is 16.5. The van der Waals surface area contributed by atoms with E-state index in [4.69, 9.17) is 4.74 Å². The monoisotopic (exact) mass is 196 g/mol. The van der Waals surface area contributed by atoms with Gasteiger partial charge < -0.3 is 4.74 Å². The zero-order valence-electron chi connectivity index (χ0n) is 9.00. The van der Waals surface area contributed by atoms with Gasteiger partial charge in [-0.05, 0) is 25.2 Å². The minimum Gasteiger partial charge on any atom is -0.374 e. The van der Waals surface area contributed by atoms with E-state index in [9.17, 15) is 4.79 Å². The highest BCUT2D eigenvalue weighted by molar-refractivity contribution is 5.79. The van der Waals surface area contributed by atoms with Gasteiger partial charge in [-0.1, -0.05) is 19.8 Å². The summed E-state index contributed by atoms with van der Waals surface area (Å²) < 4.78 is 6.01. The molecular formula is C12H20O2. The summed E-state index contributed by atoms with van der Waals surface area (Å²) in [6.07, 6.45) is 8.15. The Balaban J connectivity index is 1.84. The van der Waals surface area contributed by atoms with Crippen LogP contribution < -0.4 is 0 Å². The third-order valence-corrected chi connectivity index (χ3v) is 3.61. The fourth-order valence-electron chi connectivity index (χ4n) is 2.56. The molecule has 2 rings (SSSR count). The first-order valence-corrected chi connectivity index (χ1v) is 5.93. The molecule has 2 heteroatoms. The molecule has 2 aliphatic rings. The van der Waals surface area contributed by atoms with Crippen molar-refractivity contribution in [2.24, 2.45) is 5.92 Å². The second-order valence-corrected chi connectivity index (χ2v) is 4.84. The van der Waals surface area contributed by atoms with Crippen molar-refractivity contribution in [3.63, 3.8) is 0 Å². The van der Waals surface area contributed by atoms with Crippen LogP contribution in [0.15, 0.2) is 0 Å². The second-order valence-electron chi connectivity index (χ2n) is 4.84. The summed E-state index contributed by atoms with van der Waals surface area (Å²) in [5, 5.41) is 0. The van der Waals surface area contributed by atoms with Gasteiger partial charge in [0.05, 0.1) is 12.2 Å². The van der Waals surface area contributed by atoms with Crippen LogP contribution in [0, 0.1) is 5.92 Å². The molecule has 0 bridgehead atoms. The van der Waals surface area contributed by atoms with Gasteiger partial charge in [0.1, 0.15) is 5.78 Å². The number of Topliss-reactive ketones (excluding diaryl/α,β-unsaturated/α-hetero) is 1. The second kappa shape index (κ2) is 4.43. The first kappa shape index (κ1) is 10.2. The van der Waals surface area contributed by atoms with E-state index in [1.807, 2.05) is 0 Å². The zero-order valence-corrected chi connectivity index (χ0v) is 9.00. The third kappa shape index (κ3) is 2.35. The minimum absolute atomic E-state index is 0.222. The topological polar surface area (TPSA) is 26.3 Å². The number of hydrogen-bond donors (Lipinski definition) is 0. The fourth-order valence-corrected chi connectivity index (χ4v) is 2.56. The lowest BCUT2D eigenvalue weighted by Crippen LogP contribution is -2.33. The molecule has 2 fully saturated rings. The Kier molecular flexibility index (Phi) is 3.22. The standard InChI is InChI=1S/C12H20O2/c1-9-6-7-10(13)8-12(9)14-11-4-2-3-5-11/h9,11-12H,2-8H2,1H3. The smallest absolute Gasteiger partial charge is 0.135 e. The highest BCUT2D eigenvalue weighted by Crippen LogP contribution is 2.29. The van der Waals surface area contributed by atoms with Crippen LogP contribution in [0.1, 0.15) is 51.9 Å². The molecule has 14 heavy (non-hydrogen) atoms. The molecule has 2 unspecified atom stereocenters. The van der Waals surface area contributed by atoms with Gasteiger partial charge in [-0.25, -0.2) is 0 Å². The lowest BCUT2D eigenvalue weighted by atomic mass is 9.87. The Morgan fingerprint density at radius 3 is 2.64 bits per heavy atom. The van der Waals surface area contributed by atoms with E-state index in [0.717, 1.165) is 12.8 Å². The SMILES string of the molecule is CC1CCC(=O)CC1OC1CCCC1. The first-order chi connectivity index (χ1) is 6.75. The summed E-state index contributed by atoms with van der Waals surface area (Å²) in [7, 11) is 0. The van der Waals surface area contributed by atoms with E-state index < -0.39 is 0 Å². The van der Waals surface area contributed by atoms with Crippen molar-refractivity contribution in [2.75, 3.05) is 0 Å². The molecular weight excluding hydrogens is 176 g/mol. The maximum absolute atomic E-state index is 11.3. The van der Waals surface area contributed by atoms with Gasteiger partial charge in [0.15, 0.2) is 0 Å². The Morgan fingerprint density at radius 2 is 1.93 bits per heavy atom. The zero-order chi connectivity index (χ0) is 9.97. The first-order valence-electron chi connectivity index (χ1n) is 5.93. The summed E-state index contributed by atoms with van der Waals surface area (Å²) in [4.78, 5) is 11.3. The van der Waals surface area contributed by atoms with Crippen LogP contribution in [0.5, 0.6) is 0 Å². The average molecular weight is 196 g/mol. The predicted octanol–water partition coefficient (Wildman–Crippen LogP) is 2.70. The van der Waals surface area contributed by atoms with E-state index in [2.05, 4.69) is 6.92 Å². The van der Waals surface area contributed by atoms with Crippen LogP contribution in [0.25, 0.3) is 0 Å². The van der Waals surface area contributed by atoms with Crippen LogP contribution in [0.3, 0.4) is 0 Å². The largest absolute Gasteiger partial charge is 0.374 e. The van der Waals surface area contributed by atoms with Crippen molar-refractivity contribution < 1.29 is 9.53 Å². The number of hydrogen-bond acceptors (Lipinski definition) is 2. The third-order valence-electron chi connectivity index (χ3n) is 3.61. The minimum atomic E-state index is 0.222. The highest BCUT2D eigenvalue weighted by Gasteiger charge is 2.29. The van der Waals surface area contributed by atoms with Gasteiger partial charge in [0.25, 0.3) is 0 Å². The van der Waals surface area contributed by atoms with Gasteiger partial charge in [-0.2, -0.15) is 0 Å². The van der Waals surface area contributed by atoms with Crippen molar-refractivity contribution in [2.45, 2.75) is 64.1 Å². The van der Waals surface area contributed by atoms with Crippen molar-refractivity contribution in [3.05, 3.63) is 0 Å². The number of carbonyl (C=O) groups is 1. The summed E-state index contributed by atoms with van der Waals surface area (Å²) >= 11 is 0. The van der Waals surface area contributed by atoms with E-state index in [1.165, 1.54) is 25.7 Å². The molecule has 80 valence electrons. The molecule has 0 heterocycles. The van der Waals surface area contributed by atoms with E-state index in [-0.39, 0.29) is 6.10 Å². The normalized spacial score (nSPS) is 35.1. The molecule has 0 N–H and O–H groups in total. The lowest BCUT2D eigenvalue weighted by Gasteiger charge is -2.30. The molecule has 0 aliphatic heterocycles. The number of ketones is 1. The fraction of sp³-hybridized carbons (Fsp3) is 0.917. The summed E-state index contributed by atoms with van der Waals surface area (Å²) in [5.41, 5.74) is 0. The molecule has 2 atom stereocenters. The number of ether oxygens (including phenoxy) is 1. The van der Waals surface area contributed by atoms with E-state index in [1.54, 1.807) is 0 Å². The van der Waals surface area contributed by atoms with Gasteiger partial charge in [-0.3, -0.25) is 4.79 Å². The Hall–Kier alpha value is -0.370. The molecule has 0 saturated heterocycles. The number of rotatable bonds is 2. The number of carbonyl (C=O) groups excluding carboxylic acids is 1. The molecule has 2 aliphatic carbocycles. The van der Waals surface area contributed by atoms with Crippen molar-refractivity contribution in [3.8, 4) is 0 Å². The molecule has 2 saturated carbocycles. The van der Waals surface area contributed by atoms with Gasteiger partial charge >= 0.3 is 0 Å². The van der Waals surface area contributed by atoms with Crippen LogP contribution in [-0.2, 0) is 9.53 Å². The van der Waals surface area contributed by atoms with E-state index in [0.29, 0.717) is 24.2 Å². The van der Waals surface area contributed by atoms with E-state index >= 15 is 0 Å². The lowest BCUT2D eigenvalue weighted by molar-refractivity contribution is -0.129. The molecule has 0 spiro atoms. The Morgan fingerprint density at radius 1 is 1.21 bits per heavy atom. The summed E-state index contributed by atoms with van der Waals surface area (Å²) in [6.45, 7) is 2.21. The van der Waals surface area contributed by atoms with Crippen molar-refractivity contribution >= 4 is 5.78 Å². The Bertz CT molecular complexity index is 206. The van der Waals surface area contributed by atoms with Crippen LogP contribution >= 0.6 is 0 Å². The molecule has 0 radical (unpaired) electrons. The van der Waals surface area contributed by atoms with Gasteiger partial charge in [0, 0.05) is 12.8 Å². The summed E-state index contributed by atoms with van der Waals surface area (Å²) in [5.74, 6) is 0.972. The van der Waals surface area contributed by atoms with Crippen molar-refractivity contribution in [1.29, 1.82) is 0 Å². The molecule has 0 aromatic carbocycles. The molecule has 0 aromatic rings. The van der Waals surface area contributed by atoms with Gasteiger partial charge in [0.2, 0.25) is 0 Å². The maximum atomic E-state index is 11.3. The van der Waals surface area contributed by atoms with Crippen LogP contribution in [0.2, 0.25) is 0 Å².